The van der Waals surface area contributed by atoms with E-state index in [1.165, 1.54) is 7.11 Å². The Morgan fingerprint density at radius 2 is 2.06 bits per heavy atom. The Morgan fingerprint density at radius 1 is 1.39 bits per heavy atom. The van der Waals surface area contributed by atoms with Gasteiger partial charge in [0.15, 0.2) is 0 Å². The summed E-state index contributed by atoms with van der Waals surface area (Å²) in [6, 6.07) is 5.83. The van der Waals surface area contributed by atoms with E-state index in [0.29, 0.717) is 5.75 Å². The quantitative estimate of drug-likeness (QED) is 0.845. The lowest BCUT2D eigenvalue weighted by atomic mass is 10.0. The molecule has 0 radical (unpaired) electrons. The lowest BCUT2D eigenvalue weighted by Crippen LogP contribution is -2.32. The second-order valence-corrected chi connectivity index (χ2v) is 4.60. The molecule has 0 aliphatic carbocycles. The number of carboxylic acids is 1. The summed E-state index contributed by atoms with van der Waals surface area (Å²) in [4.78, 5) is 11.1. The van der Waals surface area contributed by atoms with Crippen molar-refractivity contribution < 1.29 is 19.4 Å². The molecule has 0 spiro atoms. The minimum absolute atomic E-state index is 0.0286. The molecule has 1 atom stereocenters. The number of aryl methyl sites for hydroxylation is 1. The molecule has 0 bridgehead atoms. The predicted molar refractivity (Wildman–Crippen MR) is 69.2 cm³/mol. The maximum absolute atomic E-state index is 11.1. The van der Waals surface area contributed by atoms with Crippen LogP contribution in [0, 0.1) is 6.92 Å². The SMILES string of the molecule is COCC(Oc1cc(C)ccc1C(C)C)C(=O)O. The molecule has 1 rings (SSSR count). The molecule has 0 fully saturated rings. The fourth-order valence-electron chi connectivity index (χ4n) is 1.68. The first-order valence-electron chi connectivity index (χ1n) is 5.94. The van der Waals surface area contributed by atoms with Crippen LogP contribution in [0.5, 0.6) is 5.75 Å². The summed E-state index contributed by atoms with van der Waals surface area (Å²) in [5.41, 5.74) is 2.04. The largest absolute Gasteiger partial charge is 0.478 e. The van der Waals surface area contributed by atoms with Gasteiger partial charge in [0.05, 0.1) is 6.61 Å². The van der Waals surface area contributed by atoms with E-state index >= 15 is 0 Å². The van der Waals surface area contributed by atoms with Gasteiger partial charge in [0.2, 0.25) is 6.10 Å². The van der Waals surface area contributed by atoms with Crippen LogP contribution in [0.3, 0.4) is 0 Å². The topological polar surface area (TPSA) is 55.8 Å². The normalized spacial score (nSPS) is 12.5. The lowest BCUT2D eigenvalue weighted by molar-refractivity contribution is -0.147. The van der Waals surface area contributed by atoms with Crippen molar-refractivity contribution in [2.75, 3.05) is 13.7 Å². The highest BCUT2D eigenvalue weighted by Gasteiger charge is 2.21. The Morgan fingerprint density at radius 3 is 2.56 bits per heavy atom. The van der Waals surface area contributed by atoms with E-state index < -0.39 is 12.1 Å². The fraction of sp³-hybridized carbons (Fsp3) is 0.500. The molecule has 1 aromatic carbocycles. The zero-order valence-corrected chi connectivity index (χ0v) is 11.3. The van der Waals surface area contributed by atoms with Crippen LogP contribution >= 0.6 is 0 Å². The van der Waals surface area contributed by atoms with Crippen molar-refractivity contribution in [2.24, 2.45) is 0 Å². The van der Waals surface area contributed by atoms with Gasteiger partial charge in [-0.05, 0) is 30.0 Å². The molecular formula is C14H20O4. The van der Waals surface area contributed by atoms with Crippen LogP contribution in [-0.2, 0) is 9.53 Å². The molecule has 4 nitrogen and oxygen atoms in total. The summed E-state index contributed by atoms with van der Waals surface area (Å²) in [5, 5.41) is 9.06. The molecule has 1 unspecified atom stereocenters. The van der Waals surface area contributed by atoms with Crippen molar-refractivity contribution in [1.29, 1.82) is 0 Å². The summed E-state index contributed by atoms with van der Waals surface area (Å²) in [6.07, 6.45) is -0.978. The number of ether oxygens (including phenoxy) is 2. The van der Waals surface area contributed by atoms with Gasteiger partial charge < -0.3 is 14.6 Å². The Kier molecular flexibility index (Phi) is 5.16. The van der Waals surface area contributed by atoms with Gasteiger partial charge in [-0.3, -0.25) is 0 Å². The lowest BCUT2D eigenvalue weighted by Gasteiger charge is -2.19. The molecule has 4 heteroatoms. The first kappa shape index (κ1) is 14.5. The van der Waals surface area contributed by atoms with E-state index in [9.17, 15) is 4.79 Å². The van der Waals surface area contributed by atoms with Gasteiger partial charge in [-0.15, -0.1) is 0 Å². The summed E-state index contributed by atoms with van der Waals surface area (Å²) < 4.78 is 10.4. The van der Waals surface area contributed by atoms with Gasteiger partial charge in [0, 0.05) is 7.11 Å². The van der Waals surface area contributed by atoms with Crippen LogP contribution < -0.4 is 4.74 Å². The average molecular weight is 252 g/mol. The van der Waals surface area contributed by atoms with Gasteiger partial charge in [-0.25, -0.2) is 4.79 Å². The second-order valence-electron chi connectivity index (χ2n) is 4.60. The molecule has 1 N–H and O–H groups in total. The molecule has 0 aromatic heterocycles. The van der Waals surface area contributed by atoms with E-state index in [4.69, 9.17) is 14.6 Å². The zero-order valence-electron chi connectivity index (χ0n) is 11.3. The van der Waals surface area contributed by atoms with Crippen LogP contribution in [0.15, 0.2) is 18.2 Å². The Bertz CT molecular complexity index is 412. The second kappa shape index (κ2) is 6.40. The molecule has 1 aromatic rings. The number of carbonyl (C=O) groups is 1. The standard InChI is InChI=1S/C14H20O4/c1-9(2)11-6-5-10(3)7-12(11)18-13(8-17-4)14(15)16/h5-7,9,13H,8H2,1-4H3,(H,15,16). The van der Waals surface area contributed by atoms with Crippen LogP contribution in [0.2, 0.25) is 0 Å². The van der Waals surface area contributed by atoms with Crippen LogP contribution in [0.1, 0.15) is 30.9 Å². The van der Waals surface area contributed by atoms with Crippen molar-refractivity contribution in [3.8, 4) is 5.75 Å². The summed E-state index contributed by atoms with van der Waals surface area (Å²) >= 11 is 0. The van der Waals surface area contributed by atoms with Gasteiger partial charge in [0.1, 0.15) is 5.75 Å². The van der Waals surface area contributed by atoms with Crippen molar-refractivity contribution in [1.82, 2.24) is 0 Å². The highest BCUT2D eigenvalue weighted by molar-refractivity contribution is 5.73. The zero-order chi connectivity index (χ0) is 13.7. The summed E-state index contributed by atoms with van der Waals surface area (Å²) in [6.45, 7) is 6.07. The van der Waals surface area contributed by atoms with E-state index in [0.717, 1.165) is 11.1 Å². The minimum atomic E-state index is -1.02. The van der Waals surface area contributed by atoms with Crippen molar-refractivity contribution >= 4 is 5.97 Å². The maximum Gasteiger partial charge on any atom is 0.347 e. The number of carboxylic acid groups (broad SMARTS) is 1. The van der Waals surface area contributed by atoms with Crippen LogP contribution in [0.4, 0.5) is 0 Å². The Labute approximate surface area is 108 Å². The van der Waals surface area contributed by atoms with Crippen molar-refractivity contribution in [2.45, 2.75) is 32.8 Å². The first-order chi connectivity index (χ1) is 8.45. The number of aliphatic carboxylic acids is 1. The van der Waals surface area contributed by atoms with E-state index in [1.54, 1.807) is 0 Å². The Balaban J connectivity index is 3.00. The average Bonchev–Trinajstić information content (AvgIpc) is 2.28. The van der Waals surface area contributed by atoms with Gasteiger partial charge >= 0.3 is 5.97 Å². The smallest absolute Gasteiger partial charge is 0.347 e. The molecular weight excluding hydrogens is 232 g/mol. The number of benzene rings is 1. The molecule has 0 aliphatic rings. The van der Waals surface area contributed by atoms with E-state index in [1.807, 2.05) is 39.0 Å². The predicted octanol–water partition coefficient (Wildman–Crippen LogP) is 2.60. The number of rotatable bonds is 6. The monoisotopic (exact) mass is 252 g/mol. The number of hydrogen-bond acceptors (Lipinski definition) is 3. The number of methoxy groups -OCH3 is 1. The highest BCUT2D eigenvalue weighted by atomic mass is 16.5. The van der Waals surface area contributed by atoms with Gasteiger partial charge in [0.25, 0.3) is 0 Å². The van der Waals surface area contributed by atoms with E-state index in [-0.39, 0.29) is 12.5 Å². The molecule has 0 heterocycles. The van der Waals surface area contributed by atoms with Crippen LogP contribution in [0.25, 0.3) is 0 Å². The molecule has 0 saturated heterocycles. The molecule has 18 heavy (non-hydrogen) atoms. The maximum atomic E-state index is 11.1. The summed E-state index contributed by atoms with van der Waals surface area (Å²) in [7, 11) is 1.46. The third-order valence-corrected chi connectivity index (χ3v) is 2.65. The Hall–Kier alpha value is -1.55. The van der Waals surface area contributed by atoms with Crippen molar-refractivity contribution in [3.05, 3.63) is 29.3 Å². The van der Waals surface area contributed by atoms with Crippen LogP contribution in [-0.4, -0.2) is 30.9 Å². The molecule has 0 amide bonds. The molecule has 0 saturated carbocycles. The third-order valence-electron chi connectivity index (χ3n) is 2.65. The van der Waals surface area contributed by atoms with Gasteiger partial charge in [-0.2, -0.15) is 0 Å². The molecule has 0 aliphatic heterocycles. The first-order valence-corrected chi connectivity index (χ1v) is 5.94. The summed E-state index contributed by atoms with van der Waals surface area (Å²) in [5.74, 6) is -0.125. The third kappa shape index (κ3) is 3.74. The minimum Gasteiger partial charge on any atom is -0.478 e. The van der Waals surface area contributed by atoms with Gasteiger partial charge in [-0.1, -0.05) is 26.0 Å². The van der Waals surface area contributed by atoms with E-state index in [2.05, 4.69) is 0 Å². The molecule has 100 valence electrons. The fourth-order valence-corrected chi connectivity index (χ4v) is 1.68. The number of hydrogen-bond donors (Lipinski definition) is 1. The van der Waals surface area contributed by atoms with Crippen molar-refractivity contribution in [3.63, 3.8) is 0 Å². The highest BCUT2D eigenvalue weighted by Crippen LogP contribution is 2.28.